The molecule has 0 atom stereocenters. The molecule has 25 heavy (non-hydrogen) atoms. The van der Waals surface area contributed by atoms with Gasteiger partial charge in [-0.25, -0.2) is 4.99 Å². The number of nitrogens with one attached hydrogen (secondary N) is 1. The Morgan fingerprint density at radius 3 is 2.20 bits per heavy atom. The van der Waals surface area contributed by atoms with Crippen LogP contribution in [0.25, 0.3) is 0 Å². The van der Waals surface area contributed by atoms with Crippen LogP contribution in [0.5, 0.6) is 0 Å². The fourth-order valence-electron chi connectivity index (χ4n) is 2.36. The number of primary amides is 1. The van der Waals surface area contributed by atoms with Gasteiger partial charge >= 0.3 is 0 Å². The Hall–Kier alpha value is -2.57. The Balaban J connectivity index is 2.78. The van der Waals surface area contributed by atoms with Crippen LogP contribution in [0.3, 0.4) is 0 Å². The van der Waals surface area contributed by atoms with Gasteiger partial charge in [-0.15, -0.1) is 0 Å². The van der Waals surface area contributed by atoms with Crippen molar-refractivity contribution in [2.75, 3.05) is 33.2 Å². The minimum atomic E-state index is -0.446. The van der Waals surface area contributed by atoms with E-state index in [-0.39, 0.29) is 12.5 Å². The summed E-state index contributed by atoms with van der Waals surface area (Å²) < 4.78 is 0. The van der Waals surface area contributed by atoms with Gasteiger partial charge in [0.05, 0.1) is 13.1 Å². The van der Waals surface area contributed by atoms with Crippen molar-refractivity contribution in [1.82, 2.24) is 15.1 Å². The number of likely N-dealkylation sites (N-methyl/N-ethyl adjacent to an activating group) is 2. The summed E-state index contributed by atoms with van der Waals surface area (Å²) in [5.74, 6) is 0.295. The number of nitrogens with two attached hydrogens (primary N) is 1. The molecule has 0 fully saturated rings. The van der Waals surface area contributed by atoms with Gasteiger partial charge in [0.1, 0.15) is 0 Å². The van der Waals surface area contributed by atoms with Crippen molar-refractivity contribution in [2.45, 2.75) is 27.3 Å². The first-order chi connectivity index (χ1) is 11.9. The molecular weight excluding hydrogens is 318 g/mol. The molecule has 7 heteroatoms. The summed E-state index contributed by atoms with van der Waals surface area (Å²) in [6, 6.07) is 7.03. The predicted molar refractivity (Wildman–Crippen MR) is 100 cm³/mol. The molecule has 0 aliphatic rings. The number of carbonyl (C=O) groups excluding carboxylic acids is 2. The van der Waals surface area contributed by atoms with E-state index in [1.54, 1.807) is 17.0 Å². The highest BCUT2D eigenvalue weighted by Gasteiger charge is 2.14. The van der Waals surface area contributed by atoms with E-state index in [1.165, 1.54) is 0 Å². The van der Waals surface area contributed by atoms with Crippen LogP contribution in [-0.2, 0) is 11.3 Å². The average molecular weight is 347 g/mol. The fraction of sp³-hybridized carbons (Fsp3) is 0.500. The Kier molecular flexibility index (Phi) is 8.46. The third-order valence-electron chi connectivity index (χ3n) is 3.83. The molecular formula is C18H29N5O2. The zero-order valence-electron chi connectivity index (χ0n) is 15.6. The first-order valence-electron chi connectivity index (χ1n) is 8.58. The highest BCUT2D eigenvalue weighted by atomic mass is 16.2. The number of hydrogen-bond acceptors (Lipinski definition) is 3. The standard InChI is InChI=1S/C18H29N5O2/c1-5-20-18(22(4)13-16(24)23(6-2)7-3)21-12-14-8-10-15(11-9-14)17(19)25/h8-11H,5-7,12-13H2,1-4H3,(H2,19,25)(H,20,21). The molecule has 1 aromatic carbocycles. The quantitative estimate of drug-likeness (QED) is 0.543. The van der Waals surface area contributed by atoms with E-state index < -0.39 is 5.91 Å². The SMILES string of the molecule is CCNC(=NCc1ccc(C(N)=O)cc1)N(C)CC(=O)N(CC)CC. The molecule has 1 rings (SSSR count). The minimum absolute atomic E-state index is 0.0731. The number of carbonyl (C=O) groups is 2. The van der Waals surface area contributed by atoms with Crippen molar-refractivity contribution in [3.63, 3.8) is 0 Å². The van der Waals surface area contributed by atoms with Gasteiger partial charge in [-0.1, -0.05) is 12.1 Å². The lowest BCUT2D eigenvalue weighted by atomic mass is 10.1. The molecule has 1 aromatic rings. The van der Waals surface area contributed by atoms with Crippen LogP contribution in [0.1, 0.15) is 36.7 Å². The van der Waals surface area contributed by atoms with E-state index >= 15 is 0 Å². The van der Waals surface area contributed by atoms with E-state index in [9.17, 15) is 9.59 Å². The van der Waals surface area contributed by atoms with Crippen molar-refractivity contribution in [3.8, 4) is 0 Å². The molecule has 138 valence electrons. The average Bonchev–Trinajstić information content (AvgIpc) is 2.59. The van der Waals surface area contributed by atoms with E-state index in [0.717, 1.165) is 5.56 Å². The van der Waals surface area contributed by atoms with Crippen molar-refractivity contribution in [3.05, 3.63) is 35.4 Å². The molecule has 0 bridgehead atoms. The van der Waals surface area contributed by atoms with Gasteiger partial charge in [-0.2, -0.15) is 0 Å². The zero-order chi connectivity index (χ0) is 18.8. The van der Waals surface area contributed by atoms with Crippen LogP contribution in [0, 0.1) is 0 Å². The molecule has 0 radical (unpaired) electrons. The molecule has 0 aliphatic carbocycles. The van der Waals surface area contributed by atoms with Crippen molar-refractivity contribution >= 4 is 17.8 Å². The fourth-order valence-corrected chi connectivity index (χ4v) is 2.36. The summed E-state index contributed by atoms with van der Waals surface area (Å²) in [7, 11) is 1.85. The van der Waals surface area contributed by atoms with Crippen molar-refractivity contribution < 1.29 is 9.59 Å². The van der Waals surface area contributed by atoms with E-state index in [2.05, 4.69) is 10.3 Å². The van der Waals surface area contributed by atoms with E-state index in [1.807, 2.05) is 44.9 Å². The van der Waals surface area contributed by atoms with Gasteiger partial charge < -0.3 is 20.9 Å². The topological polar surface area (TPSA) is 91.0 Å². The van der Waals surface area contributed by atoms with Crippen LogP contribution in [0.15, 0.2) is 29.3 Å². The Morgan fingerprint density at radius 2 is 1.72 bits per heavy atom. The van der Waals surface area contributed by atoms with Gasteiger partial charge in [0.25, 0.3) is 0 Å². The molecule has 0 aromatic heterocycles. The maximum absolute atomic E-state index is 12.3. The lowest BCUT2D eigenvalue weighted by molar-refractivity contribution is -0.131. The van der Waals surface area contributed by atoms with Crippen LogP contribution >= 0.6 is 0 Å². The molecule has 0 heterocycles. The second-order valence-electron chi connectivity index (χ2n) is 5.65. The smallest absolute Gasteiger partial charge is 0.248 e. The molecule has 0 saturated carbocycles. The first kappa shape index (κ1) is 20.5. The lowest BCUT2D eigenvalue weighted by Gasteiger charge is -2.25. The monoisotopic (exact) mass is 347 g/mol. The minimum Gasteiger partial charge on any atom is -0.366 e. The van der Waals surface area contributed by atoms with E-state index in [0.29, 0.717) is 37.7 Å². The van der Waals surface area contributed by atoms with Crippen LogP contribution in [-0.4, -0.2) is 60.8 Å². The molecule has 0 spiro atoms. The third-order valence-corrected chi connectivity index (χ3v) is 3.83. The van der Waals surface area contributed by atoms with Gasteiger partial charge in [0.2, 0.25) is 11.8 Å². The summed E-state index contributed by atoms with van der Waals surface area (Å²) in [6.45, 7) is 8.75. The number of guanidine groups is 1. The Morgan fingerprint density at radius 1 is 1.12 bits per heavy atom. The maximum atomic E-state index is 12.3. The number of hydrogen-bond donors (Lipinski definition) is 2. The largest absolute Gasteiger partial charge is 0.366 e. The molecule has 0 aliphatic heterocycles. The normalized spacial score (nSPS) is 11.1. The van der Waals surface area contributed by atoms with E-state index in [4.69, 9.17) is 5.73 Å². The highest BCUT2D eigenvalue weighted by Crippen LogP contribution is 2.06. The summed E-state index contributed by atoms with van der Waals surface area (Å²) in [6.07, 6.45) is 0. The number of amides is 2. The summed E-state index contributed by atoms with van der Waals surface area (Å²) in [5.41, 5.74) is 6.68. The third kappa shape index (κ3) is 6.45. The highest BCUT2D eigenvalue weighted by molar-refractivity contribution is 5.92. The molecule has 7 nitrogen and oxygen atoms in total. The molecule has 3 N–H and O–H groups in total. The number of rotatable bonds is 8. The first-order valence-corrected chi connectivity index (χ1v) is 8.58. The zero-order valence-corrected chi connectivity index (χ0v) is 15.6. The molecule has 0 unspecified atom stereocenters. The van der Waals surface area contributed by atoms with Gasteiger partial charge in [0, 0.05) is 32.2 Å². The van der Waals surface area contributed by atoms with Crippen LogP contribution < -0.4 is 11.1 Å². The second kappa shape index (κ2) is 10.3. The van der Waals surface area contributed by atoms with Crippen molar-refractivity contribution in [2.24, 2.45) is 10.7 Å². The van der Waals surface area contributed by atoms with Gasteiger partial charge in [-0.05, 0) is 38.5 Å². The lowest BCUT2D eigenvalue weighted by Crippen LogP contribution is -2.45. The Labute approximate surface area is 149 Å². The summed E-state index contributed by atoms with van der Waals surface area (Å²) in [4.78, 5) is 31.5. The van der Waals surface area contributed by atoms with Gasteiger partial charge in [0.15, 0.2) is 5.96 Å². The Bertz CT molecular complexity index is 594. The summed E-state index contributed by atoms with van der Waals surface area (Å²) in [5, 5.41) is 3.19. The number of aliphatic imine (C=N–C) groups is 1. The number of benzene rings is 1. The second-order valence-corrected chi connectivity index (χ2v) is 5.65. The summed E-state index contributed by atoms with van der Waals surface area (Å²) >= 11 is 0. The number of nitrogens with zero attached hydrogens (tertiary/aromatic N) is 3. The molecule has 0 saturated heterocycles. The van der Waals surface area contributed by atoms with Crippen molar-refractivity contribution in [1.29, 1.82) is 0 Å². The van der Waals surface area contributed by atoms with Crippen LogP contribution in [0.2, 0.25) is 0 Å². The van der Waals surface area contributed by atoms with Crippen LogP contribution in [0.4, 0.5) is 0 Å². The maximum Gasteiger partial charge on any atom is 0.248 e. The predicted octanol–water partition coefficient (Wildman–Crippen LogP) is 1.05. The van der Waals surface area contributed by atoms with Gasteiger partial charge in [-0.3, -0.25) is 9.59 Å². The molecule has 2 amide bonds.